The largest absolute Gasteiger partial charge is 0.496 e. The molecule has 2 rings (SSSR count). The lowest BCUT2D eigenvalue weighted by Crippen LogP contribution is -2.24. The van der Waals surface area contributed by atoms with E-state index < -0.39 is 11.8 Å². The zero-order valence-corrected chi connectivity index (χ0v) is 15.5. The first-order chi connectivity index (χ1) is 12.5. The summed E-state index contributed by atoms with van der Waals surface area (Å²) in [5.74, 6) is -0.206. The molecule has 2 aromatic carbocycles. The number of ether oxygens (including phenoxy) is 1. The van der Waals surface area contributed by atoms with Crippen molar-refractivity contribution < 1.29 is 9.53 Å². The van der Waals surface area contributed by atoms with Crippen molar-refractivity contribution in [3.63, 3.8) is 0 Å². The van der Waals surface area contributed by atoms with Gasteiger partial charge in [0, 0.05) is 0 Å². The van der Waals surface area contributed by atoms with Crippen LogP contribution in [-0.2, 0) is 4.79 Å². The van der Waals surface area contributed by atoms with E-state index in [2.05, 4.69) is 24.4 Å². The molecule has 0 radical (unpaired) electrons. The first-order valence-corrected chi connectivity index (χ1v) is 8.44. The average Bonchev–Trinajstić information content (AvgIpc) is 2.64. The third-order valence-corrected chi connectivity index (χ3v) is 4.14. The van der Waals surface area contributed by atoms with Crippen molar-refractivity contribution in [2.45, 2.75) is 32.6 Å². The molecule has 0 fully saturated rings. The van der Waals surface area contributed by atoms with E-state index in [4.69, 9.17) is 4.74 Å². The number of rotatable bonds is 6. The molecule has 0 unspecified atom stereocenters. The molecule has 2 aromatic rings. The summed E-state index contributed by atoms with van der Waals surface area (Å²) in [6, 6.07) is 14.9. The molecule has 26 heavy (non-hydrogen) atoms. The lowest BCUT2D eigenvalue weighted by Gasteiger charge is -2.14. The lowest BCUT2D eigenvalue weighted by molar-refractivity contribution is -0.121. The molecule has 1 N–H and O–H groups in total. The first-order valence-electron chi connectivity index (χ1n) is 8.44. The second-order valence-electron chi connectivity index (χ2n) is 6.31. The van der Waals surface area contributed by atoms with Crippen LogP contribution in [0.4, 0.5) is 0 Å². The van der Waals surface area contributed by atoms with Crippen molar-refractivity contribution in [3.05, 3.63) is 64.7 Å². The van der Waals surface area contributed by atoms with Crippen molar-refractivity contribution >= 4 is 12.1 Å². The van der Waals surface area contributed by atoms with Gasteiger partial charge in [-0.15, -0.1) is 0 Å². The highest BCUT2D eigenvalue weighted by atomic mass is 16.5. The number of amides is 1. The normalized spacial score (nSPS) is 12.0. The number of carbonyl (C=O) groups excluding carboxylic acids is 1. The minimum atomic E-state index is -0.892. The van der Waals surface area contributed by atoms with Crippen molar-refractivity contribution in [2.24, 2.45) is 5.10 Å². The number of aryl methyl sites for hydroxylation is 1. The van der Waals surface area contributed by atoms with E-state index >= 15 is 0 Å². The van der Waals surface area contributed by atoms with E-state index in [1.54, 1.807) is 37.6 Å². The number of hydrogen-bond acceptors (Lipinski definition) is 4. The van der Waals surface area contributed by atoms with Crippen LogP contribution in [-0.4, -0.2) is 19.2 Å². The molecular formula is C21H23N3O2. The molecule has 0 saturated carbocycles. The second-order valence-corrected chi connectivity index (χ2v) is 6.31. The highest BCUT2D eigenvalue weighted by molar-refractivity contribution is 5.88. The maximum Gasteiger partial charge on any atom is 0.261 e. The smallest absolute Gasteiger partial charge is 0.261 e. The fourth-order valence-electron chi connectivity index (χ4n) is 2.64. The summed E-state index contributed by atoms with van der Waals surface area (Å²) in [5, 5.41) is 13.3. The minimum absolute atomic E-state index is 0.299. The van der Waals surface area contributed by atoms with Crippen molar-refractivity contribution in [2.75, 3.05) is 7.11 Å². The van der Waals surface area contributed by atoms with Gasteiger partial charge in [0.1, 0.15) is 5.75 Å². The Balaban J connectivity index is 2.16. The number of hydrazone groups is 1. The summed E-state index contributed by atoms with van der Waals surface area (Å²) in [6.07, 6.45) is 1.60. The zero-order chi connectivity index (χ0) is 19.1. The van der Waals surface area contributed by atoms with Crippen LogP contribution in [0.15, 0.2) is 47.6 Å². The standard InChI is InChI=1S/C21H23N3O2/c1-14(2)18-11-17(15(3)10-20(18)26-4)13-23-24-21(25)19(12-22)16-8-6-5-7-9-16/h5-11,13-14,19H,1-4H3,(H,24,25)/b23-13-/t19-/m1/s1. The summed E-state index contributed by atoms with van der Waals surface area (Å²) in [6.45, 7) is 6.14. The Bertz CT molecular complexity index is 836. The molecular weight excluding hydrogens is 326 g/mol. The predicted molar refractivity (Wildman–Crippen MR) is 102 cm³/mol. The molecule has 5 nitrogen and oxygen atoms in total. The van der Waals surface area contributed by atoms with Gasteiger partial charge >= 0.3 is 0 Å². The number of carbonyl (C=O) groups is 1. The number of hydrogen-bond donors (Lipinski definition) is 1. The summed E-state index contributed by atoms with van der Waals surface area (Å²) in [7, 11) is 1.65. The molecule has 0 bridgehead atoms. The molecule has 0 aliphatic heterocycles. The molecule has 1 amide bonds. The maximum absolute atomic E-state index is 12.3. The quantitative estimate of drug-likeness (QED) is 0.635. The molecule has 0 aliphatic carbocycles. The fourth-order valence-corrected chi connectivity index (χ4v) is 2.64. The Hall–Kier alpha value is -3.13. The Morgan fingerprint density at radius 2 is 1.96 bits per heavy atom. The van der Waals surface area contributed by atoms with Crippen molar-refractivity contribution in [1.82, 2.24) is 5.43 Å². The predicted octanol–water partition coefficient (Wildman–Crippen LogP) is 3.88. The van der Waals surface area contributed by atoms with Crippen molar-refractivity contribution in [3.8, 4) is 11.8 Å². The third kappa shape index (κ3) is 4.48. The van der Waals surface area contributed by atoms with Gasteiger partial charge in [-0.3, -0.25) is 4.79 Å². The van der Waals surface area contributed by atoms with Gasteiger partial charge in [-0.2, -0.15) is 10.4 Å². The van der Waals surface area contributed by atoms with Crippen LogP contribution < -0.4 is 10.2 Å². The Morgan fingerprint density at radius 3 is 2.54 bits per heavy atom. The topological polar surface area (TPSA) is 74.5 Å². The molecule has 0 heterocycles. The van der Waals surface area contributed by atoms with E-state index in [0.717, 1.165) is 22.4 Å². The molecule has 0 aromatic heterocycles. The van der Waals surface area contributed by atoms with Crippen LogP contribution in [0.5, 0.6) is 5.75 Å². The Kier molecular flexibility index (Phi) is 6.51. The number of benzene rings is 2. The second kappa shape index (κ2) is 8.82. The monoisotopic (exact) mass is 349 g/mol. The third-order valence-electron chi connectivity index (χ3n) is 4.14. The number of nitrogens with one attached hydrogen (secondary N) is 1. The van der Waals surface area contributed by atoms with Gasteiger partial charge < -0.3 is 4.74 Å². The van der Waals surface area contributed by atoms with Crippen LogP contribution in [0.2, 0.25) is 0 Å². The van der Waals surface area contributed by atoms with Crippen LogP contribution in [0.25, 0.3) is 0 Å². The highest BCUT2D eigenvalue weighted by Gasteiger charge is 2.19. The number of nitrogens with zero attached hydrogens (tertiary/aromatic N) is 2. The van der Waals surface area contributed by atoms with E-state index in [1.165, 1.54) is 0 Å². The van der Waals surface area contributed by atoms with Gasteiger partial charge in [-0.25, -0.2) is 5.43 Å². The summed E-state index contributed by atoms with van der Waals surface area (Å²) in [4.78, 5) is 12.3. The van der Waals surface area contributed by atoms with Gasteiger partial charge in [0.2, 0.25) is 0 Å². The van der Waals surface area contributed by atoms with Gasteiger partial charge in [0.15, 0.2) is 5.92 Å². The maximum atomic E-state index is 12.3. The Labute approximate surface area is 154 Å². The highest BCUT2D eigenvalue weighted by Crippen LogP contribution is 2.29. The van der Waals surface area contributed by atoms with E-state index in [0.29, 0.717) is 11.5 Å². The van der Waals surface area contributed by atoms with E-state index in [1.807, 2.05) is 31.2 Å². The molecule has 0 saturated heterocycles. The van der Waals surface area contributed by atoms with Crippen LogP contribution in [0.1, 0.15) is 47.9 Å². The minimum Gasteiger partial charge on any atom is -0.496 e. The Morgan fingerprint density at radius 1 is 1.27 bits per heavy atom. The molecule has 134 valence electrons. The average molecular weight is 349 g/mol. The summed E-state index contributed by atoms with van der Waals surface area (Å²) >= 11 is 0. The van der Waals surface area contributed by atoms with Gasteiger partial charge in [0.05, 0.1) is 19.4 Å². The zero-order valence-electron chi connectivity index (χ0n) is 15.5. The molecule has 5 heteroatoms. The molecule has 1 atom stereocenters. The summed E-state index contributed by atoms with van der Waals surface area (Å²) < 4.78 is 5.43. The van der Waals surface area contributed by atoms with Crippen LogP contribution >= 0.6 is 0 Å². The first kappa shape index (κ1) is 19.2. The fraction of sp³-hybridized carbons (Fsp3) is 0.286. The lowest BCUT2D eigenvalue weighted by atomic mass is 9.97. The van der Waals surface area contributed by atoms with Gasteiger partial charge in [-0.1, -0.05) is 44.2 Å². The van der Waals surface area contributed by atoms with Crippen LogP contribution in [0.3, 0.4) is 0 Å². The molecule has 0 aliphatic rings. The van der Waals surface area contributed by atoms with E-state index in [-0.39, 0.29) is 0 Å². The molecule has 0 spiro atoms. The summed E-state index contributed by atoms with van der Waals surface area (Å²) in [5.41, 5.74) is 6.06. The van der Waals surface area contributed by atoms with E-state index in [9.17, 15) is 10.1 Å². The SMILES string of the molecule is COc1cc(C)c(/C=N\NC(=O)[C@H](C#N)c2ccccc2)cc1C(C)C. The van der Waals surface area contributed by atoms with Gasteiger partial charge in [0.25, 0.3) is 5.91 Å². The van der Waals surface area contributed by atoms with Gasteiger partial charge in [-0.05, 0) is 47.2 Å². The number of methoxy groups -OCH3 is 1. The van der Waals surface area contributed by atoms with Crippen LogP contribution in [0, 0.1) is 18.3 Å². The number of nitriles is 1. The van der Waals surface area contributed by atoms with Crippen molar-refractivity contribution in [1.29, 1.82) is 5.26 Å².